The van der Waals surface area contributed by atoms with Gasteiger partial charge in [-0.25, -0.2) is 4.79 Å². The molecule has 0 saturated carbocycles. The van der Waals surface area contributed by atoms with Crippen LogP contribution in [0.1, 0.15) is 34.0 Å². The van der Waals surface area contributed by atoms with E-state index in [1.165, 1.54) is 11.1 Å². The van der Waals surface area contributed by atoms with Crippen LogP contribution in [0.25, 0.3) is 0 Å². The van der Waals surface area contributed by atoms with Crippen molar-refractivity contribution in [1.29, 1.82) is 0 Å². The van der Waals surface area contributed by atoms with E-state index < -0.39 is 12.0 Å². The van der Waals surface area contributed by atoms with Crippen molar-refractivity contribution >= 4 is 29.3 Å². The molecule has 1 aliphatic heterocycles. The minimum atomic E-state index is -0.553. The van der Waals surface area contributed by atoms with Gasteiger partial charge in [-0.2, -0.15) is 0 Å². The Morgan fingerprint density at radius 3 is 2.46 bits per heavy atom. The highest BCUT2D eigenvalue weighted by Crippen LogP contribution is 2.29. The van der Waals surface area contributed by atoms with Crippen LogP contribution in [0.4, 0.5) is 16.2 Å². The normalized spacial score (nSPS) is 12.3. The Kier molecular flexibility index (Phi) is 8.75. The Bertz CT molecular complexity index is 1250. The van der Waals surface area contributed by atoms with Crippen LogP contribution < -0.4 is 20.9 Å². The van der Waals surface area contributed by atoms with E-state index in [-0.39, 0.29) is 19.1 Å². The number of ether oxygens (including phenoxy) is 1. The lowest BCUT2D eigenvalue weighted by Gasteiger charge is -2.32. The number of nitrogens with one attached hydrogen (secondary N) is 3. The van der Waals surface area contributed by atoms with Crippen molar-refractivity contribution in [2.45, 2.75) is 26.3 Å². The summed E-state index contributed by atoms with van der Waals surface area (Å²) in [5, 5.41) is 8.20. The molecule has 0 radical (unpaired) electrons. The number of benzene rings is 3. The van der Waals surface area contributed by atoms with Crippen LogP contribution in [0.5, 0.6) is 0 Å². The van der Waals surface area contributed by atoms with Gasteiger partial charge in [0.05, 0.1) is 12.2 Å². The van der Waals surface area contributed by atoms with Gasteiger partial charge in [-0.05, 0) is 54.7 Å². The van der Waals surface area contributed by atoms with Gasteiger partial charge in [0, 0.05) is 31.0 Å². The fraction of sp³-hybridized carbons (Fsp3) is 0.276. The van der Waals surface area contributed by atoms with Crippen LogP contribution in [0.2, 0.25) is 0 Å². The number of hydrogen-bond acceptors (Lipinski definition) is 5. The van der Waals surface area contributed by atoms with E-state index in [0.717, 1.165) is 24.2 Å². The summed E-state index contributed by atoms with van der Waals surface area (Å²) in [6.07, 6.45) is 1.61. The molecule has 0 aromatic heterocycles. The molecule has 0 fully saturated rings. The first-order valence-corrected chi connectivity index (χ1v) is 12.5. The van der Waals surface area contributed by atoms with Crippen molar-refractivity contribution in [3.05, 3.63) is 95.1 Å². The number of hydrogen-bond donors (Lipinski definition) is 3. The smallest absolute Gasteiger partial charge is 0.325 e. The van der Waals surface area contributed by atoms with Gasteiger partial charge in [0.25, 0.3) is 5.91 Å². The molecule has 8 nitrogen and oxygen atoms in total. The largest absolute Gasteiger partial charge is 0.465 e. The number of rotatable bonds is 9. The van der Waals surface area contributed by atoms with Crippen molar-refractivity contribution in [1.82, 2.24) is 10.6 Å². The van der Waals surface area contributed by atoms with E-state index in [0.29, 0.717) is 30.8 Å². The molecule has 3 amide bonds. The number of urea groups is 1. The van der Waals surface area contributed by atoms with E-state index in [9.17, 15) is 14.4 Å². The highest BCUT2D eigenvalue weighted by Gasteiger charge is 2.22. The molecule has 0 bridgehead atoms. The Labute approximate surface area is 217 Å². The zero-order valence-electron chi connectivity index (χ0n) is 21.0. The van der Waals surface area contributed by atoms with Crippen LogP contribution in [0.15, 0.2) is 72.8 Å². The predicted molar refractivity (Wildman–Crippen MR) is 144 cm³/mol. The Balaban J connectivity index is 1.50. The molecule has 1 heterocycles. The maximum Gasteiger partial charge on any atom is 0.325 e. The first kappa shape index (κ1) is 25.8. The highest BCUT2D eigenvalue weighted by atomic mass is 16.5. The lowest BCUT2D eigenvalue weighted by Crippen LogP contribution is -2.35. The fourth-order valence-corrected chi connectivity index (χ4v) is 4.37. The van der Waals surface area contributed by atoms with Gasteiger partial charge < -0.3 is 25.6 Å². The van der Waals surface area contributed by atoms with Crippen molar-refractivity contribution < 1.29 is 19.1 Å². The number of fused-ring (bicyclic) bond motifs is 1. The Hall–Kier alpha value is -4.33. The van der Waals surface area contributed by atoms with Gasteiger partial charge in [0.15, 0.2) is 0 Å². The van der Waals surface area contributed by atoms with E-state index in [2.05, 4.69) is 33.0 Å². The molecule has 0 atom stereocenters. The molecular weight excluding hydrogens is 468 g/mol. The molecule has 3 aromatic rings. The maximum absolute atomic E-state index is 13.3. The predicted octanol–water partition coefficient (Wildman–Crippen LogP) is 3.91. The van der Waals surface area contributed by atoms with Gasteiger partial charge in [-0.15, -0.1) is 0 Å². The maximum atomic E-state index is 13.3. The van der Waals surface area contributed by atoms with Crippen molar-refractivity contribution in [3.8, 4) is 0 Å². The number of carbonyl (C=O) groups is 3. The number of esters is 1. The van der Waals surface area contributed by atoms with Gasteiger partial charge >= 0.3 is 12.0 Å². The monoisotopic (exact) mass is 500 g/mol. The van der Waals surface area contributed by atoms with E-state index in [1.807, 2.05) is 48.5 Å². The van der Waals surface area contributed by atoms with Crippen molar-refractivity contribution in [3.63, 3.8) is 0 Å². The summed E-state index contributed by atoms with van der Waals surface area (Å²) in [5.41, 5.74) is 5.45. The first-order chi connectivity index (χ1) is 18.0. The summed E-state index contributed by atoms with van der Waals surface area (Å²) >= 11 is 0. The van der Waals surface area contributed by atoms with Gasteiger partial charge in [0.2, 0.25) is 0 Å². The highest BCUT2D eigenvalue weighted by molar-refractivity contribution is 6.02. The number of nitrogens with zero attached hydrogens (tertiary/aromatic N) is 1. The molecule has 0 aliphatic carbocycles. The molecule has 3 aromatic carbocycles. The van der Waals surface area contributed by atoms with Crippen LogP contribution in [0.3, 0.4) is 0 Å². The summed E-state index contributed by atoms with van der Waals surface area (Å²) in [6, 6.07) is 23.1. The molecular formula is C29H32N4O4. The summed E-state index contributed by atoms with van der Waals surface area (Å²) in [6.45, 7) is 3.68. The van der Waals surface area contributed by atoms with Gasteiger partial charge in [-0.3, -0.25) is 9.59 Å². The second-order valence-corrected chi connectivity index (χ2v) is 8.78. The molecule has 0 saturated heterocycles. The molecule has 192 valence electrons. The van der Waals surface area contributed by atoms with Gasteiger partial charge in [0.1, 0.15) is 6.54 Å². The average molecular weight is 501 g/mol. The number of amides is 3. The summed E-state index contributed by atoms with van der Waals surface area (Å²) in [4.78, 5) is 39.4. The van der Waals surface area contributed by atoms with Crippen LogP contribution >= 0.6 is 0 Å². The topological polar surface area (TPSA) is 99.8 Å². The van der Waals surface area contributed by atoms with E-state index >= 15 is 0 Å². The average Bonchev–Trinajstić information content (AvgIpc) is 2.92. The molecule has 4 rings (SSSR count). The minimum Gasteiger partial charge on any atom is -0.465 e. The summed E-state index contributed by atoms with van der Waals surface area (Å²) in [5.74, 6) is -0.725. The van der Waals surface area contributed by atoms with Crippen LogP contribution in [-0.4, -0.2) is 44.1 Å². The Morgan fingerprint density at radius 2 is 1.68 bits per heavy atom. The van der Waals surface area contributed by atoms with E-state index in [1.54, 1.807) is 19.1 Å². The number of anilines is 2. The molecule has 8 heteroatoms. The van der Waals surface area contributed by atoms with Crippen LogP contribution in [0, 0.1) is 0 Å². The standard InChI is InChI=1S/C29H32N4O4/c1-2-37-27(34)19-31-29(36)32-24-12-13-26(33-17-15-22-10-6-7-11-23(22)20-33)25(18-24)28(35)30-16-14-21-8-4-3-5-9-21/h3-13,18H,2,14-17,19-20H2,1H3,(H,30,35)(H2,31,32,36). The zero-order valence-corrected chi connectivity index (χ0v) is 21.0. The molecule has 1 aliphatic rings. The zero-order chi connectivity index (χ0) is 26.0. The second-order valence-electron chi connectivity index (χ2n) is 8.78. The number of carbonyl (C=O) groups excluding carboxylic acids is 3. The van der Waals surface area contributed by atoms with Crippen molar-refractivity contribution in [2.24, 2.45) is 0 Å². The van der Waals surface area contributed by atoms with Crippen molar-refractivity contribution in [2.75, 3.05) is 36.5 Å². The molecule has 0 spiro atoms. The third-order valence-electron chi connectivity index (χ3n) is 6.21. The molecule has 3 N–H and O–H groups in total. The molecule has 0 unspecified atom stereocenters. The summed E-state index contributed by atoms with van der Waals surface area (Å²) in [7, 11) is 0. The quantitative estimate of drug-likeness (QED) is 0.387. The minimum absolute atomic E-state index is 0.208. The SMILES string of the molecule is CCOC(=O)CNC(=O)Nc1ccc(N2CCc3ccccc3C2)c(C(=O)NCCc2ccccc2)c1. The second kappa shape index (κ2) is 12.6. The van der Waals surface area contributed by atoms with Crippen LogP contribution in [-0.2, 0) is 28.9 Å². The fourth-order valence-electron chi connectivity index (χ4n) is 4.37. The van der Waals surface area contributed by atoms with Gasteiger partial charge in [-0.1, -0.05) is 54.6 Å². The third-order valence-corrected chi connectivity index (χ3v) is 6.21. The Morgan fingerprint density at radius 1 is 0.919 bits per heavy atom. The lowest BCUT2D eigenvalue weighted by molar-refractivity contribution is -0.141. The first-order valence-electron chi connectivity index (χ1n) is 12.5. The van der Waals surface area contributed by atoms with E-state index in [4.69, 9.17) is 4.74 Å². The lowest BCUT2D eigenvalue weighted by atomic mass is 9.98. The third kappa shape index (κ3) is 7.10. The molecule has 37 heavy (non-hydrogen) atoms. The summed E-state index contributed by atoms with van der Waals surface area (Å²) < 4.78 is 4.83.